The fourth-order valence-corrected chi connectivity index (χ4v) is 2.69. The van der Waals surface area contributed by atoms with Crippen LogP contribution in [0.1, 0.15) is 35.2 Å². The summed E-state index contributed by atoms with van der Waals surface area (Å²) in [5, 5.41) is 12.5. The van der Waals surface area contributed by atoms with E-state index in [0.717, 1.165) is 23.6 Å². The van der Waals surface area contributed by atoms with Crippen LogP contribution < -0.4 is 5.32 Å². The van der Waals surface area contributed by atoms with Crippen LogP contribution in [-0.4, -0.2) is 22.7 Å². The van der Waals surface area contributed by atoms with Gasteiger partial charge >= 0.3 is 6.01 Å². The van der Waals surface area contributed by atoms with Crippen molar-refractivity contribution in [2.75, 3.05) is 11.9 Å². The minimum atomic E-state index is -0.279. The molecule has 4 rings (SSSR count). The van der Waals surface area contributed by atoms with Crippen LogP contribution in [0.4, 0.5) is 6.01 Å². The lowest BCUT2D eigenvalue weighted by Gasteiger charge is -2.04. The average Bonchev–Trinajstić information content (AvgIpc) is 3.25. The molecule has 1 N–H and O–H groups in total. The van der Waals surface area contributed by atoms with Gasteiger partial charge in [0.1, 0.15) is 6.10 Å². The van der Waals surface area contributed by atoms with Crippen LogP contribution in [-0.2, 0) is 4.74 Å². The van der Waals surface area contributed by atoms with Crippen molar-refractivity contribution in [3.8, 4) is 0 Å². The molecule has 1 aliphatic heterocycles. The SMILES string of the molecule is O=C(Nc1nnc(C2CCCO2)o1)c1ccc2ccccc2c1. The van der Waals surface area contributed by atoms with Gasteiger partial charge in [-0.25, -0.2) is 0 Å². The van der Waals surface area contributed by atoms with E-state index < -0.39 is 0 Å². The van der Waals surface area contributed by atoms with Gasteiger partial charge in [-0.1, -0.05) is 35.4 Å². The molecule has 3 aromatic rings. The number of fused-ring (bicyclic) bond motifs is 1. The third-order valence-electron chi connectivity index (χ3n) is 3.88. The predicted molar refractivity (Wildman–Crippen MR) is 84.1 cm³/mol. The number of hydrogen-bond acceptors (Lipinski definition) is 5. The number of anilines is 1. The number of amides is 1. The molecule has 0 spiro atoms. The Morgan fingerprint density at radius 3 is 2.83 bits per heavy atom. The first kappa shape index (κ1) is 13.9. The van der Waals surface area contributed by atoms with Gasteiger partial charge in [0, 0.05) is 12.2 Å². The Kier molecular flexibility index (Phi) is 3.51. The van der Waals surface area contributed by atoms with E-state index in [9.17, 15) is 4.79 Å². The van der Waals surface area contributed by atoms with Crippen molar-refractivity contribution in [3.05, 3.63) is 53.9 Å². The summed E-state index contributed by atoms with van der Waals surface area (Å²) in [6.07, 6.45) is 1.68. The standard InChI is InChI=1S/C17H15N3O3/c21-15(13-8-7-11-4-1-2-5-12(11)10-13)18-17-20-19-16(23-17)14-6-3-9-22-14/h1-2,4-5,7-8,10,14H,3,6,9H2,(H,18,20,21). The van der Waals surface area contributed by atoms with Gasteiger partial charge in [-0.05, 0) is 35.7 Å². The minimum Gasteiger partial charge on any atom is -0.405 e. The quantitative estimate of drug-likeness (QED) is 0.803. The zero-order valence-corrected chi connectivity index (χ0v) is 12.4. The molecule has 1 amide bonds. The summed E-state index contributed by atoms with van der Waals surface area (Å²) in [6.45, 7) is 0.700. The Bertz CT molecular complexity index is 853. The Labute approximate surface area is 132 Å². The van der Waals surface area contributed by atoms with Gasteiger partial charge in [0.2, 0.25) is 5.89 Å². The molecule has 0 saturated carbocycles. The van der Waals surface area contributed by atoms with Gasteiger partial charge in [-0.2, -0.15) is 0 Å². The molecule has 0 radical (unpaired) electrons. The molecule has 0 bridgehead atoms. The Balaban J connectivity index is 1.52. The number of hydrogen-bond donors (Lipinski definition) is 1. The van der Waals surface area contributed by atoms with Crippen LogP contribution >= 0.6 is 0 Å². The largest absolute Gasteiger partial charge is 0.405 e. The summed E-state index contributed by atoms with van der Waals surface area (Å²) in [7, 11) is 0. The average molecular weight is 309 g/mol. The van der Waals surface area contributed by atoms with Crippen molar-refractivity contribution in [1.29, 1.82) is 0 Å². The van der Waals surface area contributed by atoms with Crippen molar-refractivity contribution in [2.45, 2.75) is 18.9 Å². The molecular weight excluding hydrogens is 294 g/mol. The maximum Gasteiger partial charge on any atom is 0.322 e. The van der Waals surface area contributed by atoms with Crippen molar-refractivity contribution in [3.63, 3.8) is 0 Å². The van der Waals surface area contributed by atoms with Crippen LogP contribution in [0, 0.1) is 0 Å². The van der Waals surface area contributed by atoms with E-state index in [1.807, 2.05) is 36.4 Å². The second kappa shape index (κ2) is 5.81. The van der Waals surface area contributed by atoms with Crippen LogP contribution in [0.3, 0.4) is 0 Å². The van der Waals surface area contributed by atoms with E-state index in [0.29, 0.717) is 18.1 Å². The summed E-state index contributed by atoms with van der Waals surface area (Å²) >= 11 is 0. The summed E-state index contributed by atoms with van der Waals surface area (Å²) < 4.78 is 10.9. The fraction of sp³-hybridized carbons (Fsp3) is 0.235. The van der Waals surface area contributed by atoms with E-state index in [1.165, 1.54) is 0 Å². The molecule has 6 nitrogen and oxygen atoms in total. The third kappa shape index (κ3) is 2.80. The van der Waals surface area contributed by atoms with Crippen molar-refractivity contribution >= 4 is 22.7 Å². The number of ether oxygens (including phenoxy) is 1. The van der Waals surface area contributed by atoms with Crippen LogP contribution in [0.25, 0.3) is 10.8 Å². The normalized spacial score (nSPS) is 17.5. The molecule has 1 fully saturated rings. The number of carbonyl (C=O) groups excluding carboxylic acids is 1. The lowest BCUT2D eigenvalue weighted by atomic mass is 10.1. The lowest BCUT2D eigenvalue weighted by Crippen LogP contribution is -2.12. The highest BCUT2D eigenvalue weighted by Crippen LogP contribution is 2.28. The summed E-state index contributed by atoms with van der Waals surface area (Å²) in [6, 6.07) is 13.5. The highest BCUT2D eigenvalue weighted by molar-refractivity contribution is 6.05. The predicted octanol–water partition coefficient (Wildman–Crippen LogP) is 3.33. The summed E-state index contributed by atoms with van der Waals surface area (Å²) in [4.78, 5) is 12.3. The molecule has 1 aliphatic rings. The van der Waals surface area contributed by atoms with Gasteiger partial charge in [-0.15, -0.1) is 5.10 Å². The molecule has 6 heteroatoms. The van der Waals surface area contributed by atoms with Gasteiger partial charge < -0.3 is 9.15 Å². The minimum absolute atomic E-state index is 0.0914. The highest BCUT2D eigenvalue weighted by atomic mass is 16.5. The Morgan fingerprint density at radius 2 is 2.00 bits per heavy atom. The molecule has 2 heterocycles. The van der Waals surface area contributed by atoms with Gasteiger partial charge in [0.05, 0.1) is 0 Å². The van der Waals surface area contributed by atoms with E-state index >= 15 is 0 Å². The van der Waals surface area contributed by atoms with E-state index in [4.69, 9.17) is 9.15 Å². The van der Waals surface area contributed by atoms with Gasteiger partial charge in [-0.3, -0.25) is 10.1 Å². The van der Waals surface area contributed by atoms with Crippen molar-refractivity contribution in [1.82, 2.24) is 10.2 Å². The molecule has 23 heavy (non-hydrogen) atoms. The first-order valence-corrected chi connectivity index (χ1v) is 7.55. The van der Waals surface area contributed by atoms with E-state index in [2.05, 4.69) is 15.5 Å². The monoisotopic (exact) mass is 309 g/mol. The smallest absolute Gasteiger partial charge is 0.322 e. The van der Waals surface area contributed by atoms with Gasteiger partial charge in [0.15, 0.2) is 0 Å². The zero-order valence-electron chi connectivity index (χ0n) is 12.4. The second-order valence-corrected chi connectivity index (χ2v) is 5.46. The number of benzene rings is 2. The van der Waals surface area contributed by atoms with Crippen molar-refractivity contribution < 1.29 is 13.9 Å². The topological polar surface area (TPSA) is 77.2 Å². The molecule has 0 aliphatic carbocycles. The zero-order chi connectivity index (χ0) is 15.6. The number of carbonyl (C=O) groups is 1. The van der Waals surface area contributed by atoms with E-state index in [-0.39, 0.29) is 18.0 Å². The third-order valence-corrected chi connectivity index (χ3v) is 3.88. The van der Waals surface area contributed by atoms with Crippen LogP contribution in [0.15, 0.2) is 46.9 Å². The molecule has 1 aromatic heterocycles. The Morgan fingerprint density at radius 1 is 1.13 bits per heavy atom. The molecule has 116 valence electrons. The maximum atomic E-state index is 12.3. The molecule has 1 atom stereocenters. The van der Waals surface area contributed by atoms with Gasteiger partial charge in [0.25, 0.3) is 5.91 Å². The van der Waals surface area contributed by atoms with Crippen molar-refractivity contribution in [2.24, 2.45) is 0 Å². The van der Waals surface area contributed by atoms with Crippen LogP contribution in [0.5, 0.6) is 0 Å². The first-order chi connectivity index (χ1) is 11.3. The maximum absolute atomic E-state index is 12.3. The summed E-state index contributed by atoms with van der Waals surface area (Å²) in [5.41, 5.74) is 0.542. The molecule has 1 saturated heterocycles. The molecular formula is C17H15N3O3. The fourth-order valence-electron chi connectivity index (χ4n) is 2.69. The highest BCUT2D eigenvalue weighted by Gasteiger charge is 2.24. The lowest BCUT2D eigenvalue weighted by molar-refractivity contribution is 0.0893. The number of aromatic nitrogens is 2. The molecule has 2 aromatic carbocycles. The number of nitrogens with zero attached hydrogens (tertiary/aromatic N) is 2. The molecule has 1 unspecified atom stereocenters. The second-order valence-electron chi connectivity index (χ2n) is 5.46. The van der Waals surface area contributed by atoms with Crippen LogP contribution in [0.2, 0.25) is 0 Å². The first-order valence-electron chi connectivity index (χ1n) is 7.55. The number of nitrogens with one attached hydrogen (secondary N) is 1. The summed E-state index contributed by atoms with van der Waals surface area (Å²) in [5.74, 6) is 0.134. The van der Waals surface area contributed by atoms with E-state index in [1.54, 1.807) is 6.07 Å². The number of rotatable bonds is 3. The Hall–Kier alpha value is -2.73.